The second-order valence-electron chi connectivity index (χ2n) is 5.18. The van der Waals surface area contributed by atoms with Gasteiger partial charge >= 0.3 is 0 Å². The Morgan fingerprint density at radius 3 is 2.09 bits per heavy atom. The summed E-state index contributed by atoms with van der Waals surface area (Å²) in [6.07, 6.45) is 0. The Kier molecular flexibility index (Phi) is 3.32. The second-order valence-corrected chi connectivity index (χ2v) is 6.09. The summed E-state index contributed by atoms with van der Waals surface area (Å²) in [4.78, 5) is 0. The van der Waals surface area contributed by atoms with Gasteiger partial charge in [-0.3, -0.25) is 0 Å². The van der Waals surface area contributed by atoms with Crippen molar-refractivity contribution in [3.63, 3.8) is 0 Å². The van der Waals surface area contributed by atoms with E-state index in [1.807, 2.05) is 30.3 Å². The summed E-state index contributed by atoms with van der Waals surface area (Å²) in [6, 6.07) is 26.8. The first-order valence-electron chi connectivity index (χ1n) is 7.16. The van der Waals surface area contributed by atoms with Crippen molar-refractivity contribution < 1.29 is 4.42 Å². The zero-order valence-electron chi connectivity index (χ0n) is 11.8. The zero-order chi connectivity index (χ0) is 14.9. The van der Waals surface area contributed by atoms with Crippen LogP contribution in [-0.4, -0.2) is 0 Å². The minimum atomic E-state index is 0.916. The highest BCUT2D eigenvalue weighted by Gasteiger charge is 2.16. The number of rotatable bonds is 2. The van der Waals surface area contributed by atoms with Gasteiger partial charge in [-0.05, 0) is 23.8 Å². The van der Waals surface area contributed by atoms with E-state index < -0.39 is 0 Å². The van der Waals surface area contributed by atoms with Crippen molar-refractivity contribution in [1.82, 2.24) is 0 Å². The van der Waals surface area contributed by atoms with E-state index in [-0.39, 0.29) is 0 Å². The molecule has 1 heterocycles. The molecule has 0 amide bonds. The average Bonchev–Trinajstić information content (AvgIpc) is 2.96. The predicted octanol–water partition coefficient (Wildman–Crippen LogP) is 6.53. The predicted molar refractivity (Wildman–Crippen MR) is 94.8 cm³/mol. The van der Waals surface area contributed by atoms with Crippen molar-refractivity contribution in [2.24, 2.45) is 0 Å². The molecule has 106 valence electrons. The maximum atomic E-state index is 6.16. The first kappa shape index (κ1) is 13.4. The van der Waals surface area contributed by atoms with Crippen molar-refractivity contribution in [2.45, 2.75) is 0 Å². The molecule has 0 saturated carbocycles. The maximum absolute atomic E-state index is 6.16. The number of benzene rings is 3. The van der Waals surface area contributed by atoms with Crippen LogP contribution in [0, 0.1) is 0 Å². The van der Waals surface area contributed by atoms with Crippen LogP contribution in [0.15, 0.2) is 87.8 Å². The number of fused-ring (bicyclic) bond motifs is 1. The van der Waals surface area contributed by atoms with E-state index in [1.165, 1.54) is 5.56 Å². The number of para-hydroxylation sites is 1. The molecule has 1 nitrogen and oxygen atoms in total. The Bertz CT molecular complexity index is 921. The Labute approximate surface area is 137 Å². The third-order valence-corrected chi connectivity index (χ3v) is 4.29. The molecule has 0 aliphatic carbocycles. The van der Waals surface area contributed by atoms with Crippen LogP contribution in [-0.2, 0) is 0 Å². The van der Waals surface area contributed by atoms with Gasteiger partial charge in [0.15, 0.2) is 0 Å². The Morgan fingerprint density at radius 1 is 0.636 bits per heavy atom. The highest BCUT2D eigenvalue weighted by atomic mass is 79.9. The number of furan rings is 1. The van der Waals surface area contributed by atoms with Crippen molar-refractivity contribution in [1.29, 1.82) is 0 Å². The fraction of sp³-hybridized carbons (Fsp3) is 0. The van der Waals surface area contributed by atoms with E-state index in [2.05, 4.69) is 64.5 Å². The SMILES string of the molecule is Brc1ccc(-c2oc3ccccc3c2-c2ccccc2)cc1. The fourth-order valence-corrected chi connectivity index (χ4v) is 3.01. The molecule has 4 aromatic rings. The number of halogens is 1. The lowest BCUT2D eigenvalue weighted by molar-refractivity contribution is 0.632. The van der Waals surface area contributed by atoms with Crippen molar-refractivity contribution in [3.8, 4) is 22.5 Å². The summed E-state index contributed by atoms with van der Waals surface area (Å²) in [5.41, 5.74) is 4.32. The third kappa shape index (κ3) is 2.26. The molecule has 0 saturated heterocycles. The van der Waals surface area contributed by atoms with Crippen LogP contribution in [0.5, 0.6) is 0 Å². The van der Waals surface area contributed by atoms with Crippen LogP contribution < -0.4 is 0 Å². The molecular formula is C20H13BrO. The monoisotopic (exact) mass is 348 g/mol. The van der Waals surface area contributed by atoms with E-state index in [0.717, 1.165) is 32.3 Å². The number of hydrogen-bond acceptors (Lipinski definition) is 1. The van der Waals surface area contributed by atoms with E-state index in [4.69, 9.17) is 4.42 Å². The van der Waals surface area contributed by atoms with E-state index in [9.17, 15) is 0 Å². The normalized spacial score (nSPS) is 11.0. The molecule has 0 bridgehead atoms. The molecular weight excluding hydrogens is 336 g/mol. The van der Waals surface area contributed by atoms with Gasteiger partial charge in [-0.1, -0.05) is 76.6 Å². The first-order chi connectivity index (χ1) is 10.8. The molecule has 0 radical (unpaired) electrons. The quantitative estimate of drug-likeness (QED) is 0.401. The van der Waals surface area contributed by atoms with E-state index >= 15 is 0 Å². The van der Waals surface area contributed by atoms with Gasteiger partial charge in [0.2, 0.25) is 0 Å². The third-order valence-electron chi connectivity index (χ3n) is 3.76. The van der Waals surface area contributed by atoms with Crippen molar-refractivity contribution >= 4 is 26.9 Å². The van der Waals surface area contributed by atoms with Gasteiger partial charge < -0.3 is 4.42 Å². The molecule has 1 aromatic heterocycles. The largest absolute Gasteiger partial charge is 0.455 e. The highest BCUT2D eigenvalue weighted by Crippen LogP contribution is 2.40. The van der Waals surface area contributed by atoms with Gasteiger partial charge in [-0.15, -0.1) is 0 Å². The second kappa shape index (κ2) is 5.47. The van der Waals surface area contributed by atoms with E-state index in [0.29, 0.717) is 0 Å². The smallest absolute Gasteiger partial charge is 0.143 e. The Hall–Kier alpha value is -2.32. The molecule has 0 N–H and O–H groups in total. The molecule has 0 unspecified atom stereocenters. The molecule has 0 aliphatic heterocycles. The standard InChI is InChI=1S/C20H13BrO/c21-16-12-10-15(11-13-16)20-19(14-6-2-1-3-7-14)17-8-4-5-9-18(17)22-20/h1-13H. The van der Waals surface area contributed by atoms with Crippen LogP contribution in [0.25, 0.3) is 33.4 Å². The lowest BCUT2D eigenvalue weighted by atomic mass is 9.99. The van der Waals surface area contributed by atoms with Crippen LogP contribution in [0.1, 0.15) is 0 Å². The summed E-state index contributed by atoms with van der Waals surface area (Å²) in [5.74, 6) is 0.917. The van der Waals surface area contributed by atoms with Gasteiger partial charge in [0, 0.05) is 21.0 Å². The van der Waals surface area contributed by atoms with Crippen LogP contribution in [0.4, 0.5) is 0 Å². The molecule has 2 heteroatoms. The fourth-order valence-electron chi connectivity index (χ4n) is 2.74. The Balaban J connectivity index is 2.04. The molecule has 3 aromatic carbocycles. The van der Waals surface area contributed by atoms with Gasteiger partial charge in [0.1, 0.15) is 11.3 Å². The lowest BCUT2D eigenvalue weighted by Crippen LogP contribution is -1.80. The highest BCUT2D eigenvalue weighted by molar-refractivity contribution is 9.10. The zero-order valence-corrected chi connectivity index (χ0v) is 13.4. The Morgan fingerprint density at radius 2 is 1.32 bits per heavy atom. The molecule has 4 rings (SSSR count). The summed E-state index contributed by atoms with van der Waals surface area (Å²) < 4.78 is 7.23. The molecule has 0 fully saturated rings. The van der Waals surface area contributed by atoms with Crippen LogP contribution in [0.3, 0.4) is 0 Å². The molecule has 0 spiro atoms. The summed E-state index contributed by atoms with van der Waals surface area (Å²) in [6.45, 7) is 0. The molecule has 0 atom stereocenters. The van der Waals surface area contributed by atoms with Crippen LogP contribution in [0.2, 0.25) is 0 Å². The van der Waals surface area contributed by atoms with Gasteiger partial charge in [0.05, 0.1) is 0 Å². The van der Waals surface area contributed by atoms with Crippen molar-refractivity contribution in [3.05, 3.63) is 83.3 Å². The van der Waals surface area contributed by atoms with E-state index in [1.54, 1.807) is 0 Å². The maximum Gasteiger partial charge on any atom is 0.143 e. The van der Waals surface area contributed by atoms with Crippen LogP contribution >= 0.6 is 15.9 Å². The van der Waals surface area contributed by atoms with Crippen molar-refractivity contribution in [2.75, 3.05) is 0 Å². The lowest BCUT2D eigenvalue weighted by Gasteiger charge is -2.04. The first-order valence-corrected chi connectivity index (χ1v) is 7.95. The topological polar surface area (TPSA) is 13.1 Å². The minimum absolute atomic E-state index is 0.916. The van der Waals surface area contributed by atoms with Gasteiger partial charge in [-0.2, -0.15) is 0 Å². The summed E-state index contributed by atoms with van der Waals surface area (Å²) in [5, 5.41) is 1.15. The summed E-state index contributed by atoms with van der Waals surface area (Å²) >= 11 is 3.49. The number of hydrogen-bond donors (Lipinski definition) is 0. The minimum Gasteiger partial charge on any atom is -0.455 e. The van der Waals surface area contributed by atoms with Gasteiger partial charge in [0.25, 0.3) is 0 Å². The molecule has 22 heavy (non-hydrogen) atoms. The van der Waals surface area contributed by atoms with Gasteiger partial charge in [-0.25, -0.2) is 0 Å². The molecule has 0 aliphatic rings. The summed E-state index contributed by atoms with van der Waals surface area (Å²) in [7, 11) is 0. The average molecular weight is 349 g/mol.